The maximum Gasteiger partial charge on any atom is 0.272 e. The zero-order valence-corrected chi connectivity index (χ0v) is 11.7. The fourth-order valence-corrected chi connectivity index (χ4v) is 2.37. The molecular weight excluding hydrogens is 242 g/mol. The summed E-state index contributed by atoms with van der Waals surface area (Å²) in [6.45, 7) is 8.06. The third-order valence-electron chi connectivity index (χ3n) is 3.07. The number of morpholine rings is 1. The van der Waals surface area contributed by atoms with Crippen LogP contribution in [-0.2, 0) is 4.74 Å². The van der Waals surface area contributed by atoms with Crippen molar-refractivity contribution in [2.75, 3.05) is 25.0 Å². The molecule has 2 atom stereocenters. The highest BCUT2D eigenvalue weighted by Gasteiger charge is 2.27. The maximum absolute atomic E-state index is 12.4. The first-order valence-corrected chi connectivity index (χ1v) is 6.74. The lowest BCUT2D eigenvalue weighted by atomic mass is 10.2. The van der Waals surface area contributed by atoms with Crippen molar-refractivity contribution >= 4 is 11.6 Å². The first-order valence-electron chi connectivity index (χ1n) is 6.74. The van der Waals surface area contributed by atoms with E-state index in [-0.39, 0.29) is 18.1 Å². The summed E-state index contributed by atoms with van der Waals surface area (Å²) in [6.07, 6.45) is 1.81. The molecule has 104 valence electrons. The molecular formula is C14H21N3O2. The van der Waals surface area contributed by atoms with E-state index in [0.717, 1.165) is 12.2 Å². The molecule has 1 aromatic heterocycles. The van der Waals surface area contributed by atoms with Crippen LogP contribution in [0.4, 0.5) is 5.69 Å². The number of nitrogens with one attached hydrogen (secondary N) is 1. The minimum Gasteiger partial charge on any atom is -0.385 e. The Morgan fingerprint density at radius 2 is 2.16 bits per heavy atom. The zero-order chi connectivity index (χ0) is 13.8. The molecule has 0 radical (unpaired) electrons. The highest BCUT2D eigenvalue weighted by Crippen LogP contribution is 2.15. The third-order valence-corrected chi connectivity index (χ3v) is 3.07. The molecule has 0 saturated carbocycles. The predicted octanol–water partition coefficient (Wildman–Crippen LogP) is 1.76. The van der Waals surface area contributed by atoms with Gasteiger partial charge in [-0.2, -0.15) is 0 Å². The molecule has 0 spiro atoms. The van der Waals surface area contributed by atoms with Gasteiger partial charge >= 0.3 is 0 Å². The van der Waals surface area contributed by atoms with Crippen molar-refractivity contribution in [3.63, 3.8) is 0 Å². The van der Waals surface area contributed by atoms with Gasteiger partial charge in [0.1, 0.15) is 5.69 Å². The largest absolute Gasteiger partial charge is 0.385 e. The maximum atomic E-state index is 12.4. The number of anilines is 1. The van der Waals surface area contributed by atoms with Gasteiger partial charge in [0.15, 0.2) is 0 Å². The lowest BCUT2D eigenvalue weighted by Crippen LogP contribution is -2.48. The van der Waals surface area contributed by atoms with Crippen LogP contribution in [0.3, 0.4) is 0 Å². The van der Waals surface area contributed by atoms with Crippen LogP contribution >= 0.6 is 0 Å². The van der Waals surface area contributed by atoms with Gasteiger partial charge in [0.05, 0.1) is 12.2 Å². The Labute approximate surface area is 114 Å². The van der Waals surface area contributed by atoms with Gasteiger partial charge in [-0.05, 0) is 32.9 Å². The van der Waals surface area contributed by atoms with Crippen molar-refractivity contribution in [3.05, 3.63) is 24.0 Å². The van der Waals surface area contributed by atoms with E-state index in [9.17, 15) is 4.79 Å². The van der Waals surface area contributed by atoms with Crippen LogP contribution in [0.25, 0.3) is 0 Å². The highest BCUT2D eigenvalue weighted by atomic mass is 16.5. The van der Waals surface area contributed by atoms with Crippen molar-refractivity contribution in [1.82, 2.24) is 9.88 Å². The summed E-state index contributed by atoms with van der Waals surface area (Å²) in [6, 6.07) is 3.67. The number of hydrogen-bond acceptors (Lipinski definition) is 4. The third kappa shape index (κ3) is 3.44. The first kappa shape index (κ1) is 13.8. The number of ether oxygens (including phenoxy) is 1. The van der Waals surface area contributed by atoms with Crippen LogP contribution in [0.5, 0.6) is 0 Å². The molecule has 1 aliphatic rings. The molecule has 5 heteroatoms. The highest BCUT2D eigenvalue weighted by molar-refractivity contribution is 5.93. The van der Waals surface area contributed by atoms with E-state index in [1.807, 2.05) is 31.7 Å². The molecule has 0 aromatic carbocycles. The Morgan fingerprint density at radius 3 is 2.79 bits per heavy atom. The molecule has 19 heavy (non-hydrogen) atoms. The van der Waals surface area contributed by atoms with Gasteiger partial charge in [0.2, 0.25) is 0 Å². The summed E-state index contributed by atoms with van der Waals surface area (Å²) in [7, 11) is 0. The monoisotopic (exact) mass is 263 g/mol. The minimum absolute atomic E-state index is 0.0262. The Kier molecular flexibility index (Phi) is 4.37. The van der Waals surface area contributed by atoms with Crippen LogP contribution in [0.2, 0.25) is 0 Å². The number of carbonyl (C=O) groups is 1. The van der Waals surface area contributed by atoms with Crippen LogP contribution < -0.4 is 5.32 Å². The molecule has 1 aromatic rings. The Morgan fingerprint density at radius 1 is 1.47 bits per heavy atom. The standard InChI is InChI=1S/C14H21N3O2/c1-4-15-12-5-6-16-13(7-12)14(18)17-8-10(2)19-11(3)9-17/h5-7,10-11H,4,8-9H2,1-3H3,(H,15,16)/t10-,11+. The molecule has 1 aliphatic heterocycles. The smallest absolute Gasteiger partial charge is 0.272 e. The van der Waals surface area contributed by atoms with Gasteiger partial charge in [0.25, 0.3) is 5.91 Å². The molecule has 0 aliphatic carbocycles. The zero-order valence-electron chi connectivity index (χ0n) is 11.7. The topological polar surface area (TPSA) is 54.5 Å². The van der Waals surface area contributed by atoms with E-state index in [1.165, 1.54) is 0 Å². The summed E-state index contributed by atoms with van der Waals surface area (Å²) in [5.74, 6) is -0.0262. The van der Waals surface area contributed by atoms with E-state index in [4.69, 9.17) is 4.74 Å². The summed E-state index contributed by atoms with van der Waals surface area (Å²) >= 11 is 0. The molecule has 1 amide bonds. The second kappa shape index (κ2) is 6.02. The number of aromatic nitrogens is 1. The fourth-order valence-electron chi connectivity index (χ4n) is 2.37. The van der Waals surface area contributed by atoms with Crippen LogP contribution in [0.15, 0.2) is 18.3 Å². The van der Waals surface area contributed by atoms with Gasteiger partial charge in [-0.1, -0.05) is 0 Å². The lowest BCUT2D eigenvalue weighted by molar-refractivity contribution is -0.0587. The fraction of sp³-hybridized carbons (Fsp3) is 0.571. The molecule has 0 unspecified atom stereocenters. The van der Waals surface area contributed by atoms with Crippen molar-refractivity contribution in [2.45, 2.75) is 33.0 Å². The van der Waals surface area contributed by atoms with Crippen LogP contribution in [-0.4, -0.2) is 47.6 Å². The summed E-state index contributed by atoms with van der Waals surface area (Å²) in [5, 5.41) is 3.19. The first-order chi connectivity index (χ1) is 9.10. The second-order valence-electron chi connectivity index (χ2n) is 4.93. The molecule has 1 saturated heterocycles. The molecule has 2 heterocycles. The Hall–Kier alpha value is -1.62. The molecule has 0 bridgehead atoms. The normalized spacial score (nSPS) is 23.2. The van der Waals surface area contributed by atoms with Gasteiger partial charge in [-0.3, -0.25) is 9.78 Å². The molecule has 1 fully saturated rings. The summed E-state index contributed by atoms with van der Waals surface area (Å²) in [5.41, 5.74) is 1.41. The quantitative estimate of drug-likeness (QED) is 0.903. The van der Waals surface area contributed by atoms with Gasteiger partial charge < -0.3 is 15.0 Å². The average molecular weight is 263 g/mol. The second-order valence-corrected chi connectivity index (χ2v) is 4.93. The summed E-state index contributed by atoms with van der Waals surface area (Å²) < 4.78 is 5.64. The van der Waals surface area contributed by atoms with Crippen molar-refractivity contribution in [2.24, 2.45) is 0 Å². The van der Waals surface area contributed by atoms with E-state index >= 15 is 0 Å². The van der Waals surface area contributed by atoms with Gasteiger partial charge in [-0.25, -0.2) is 0 Å². The number of amides is 1. The van der Waals surface area contributed by atoms with E-state index in [0.29, 0.717) is 18.8 Å². The SMILES string of the molecule is CCNc1ccnc(C(=O)N2C[C@@H](C)O[C@@H](C)C2)c1. The Balaban J connectivity index is 2.12. The molecule has 2 rings (SSSR count). The number of rotatable bonds is 3. The van der Waals surface area contributed by atoms with Crippen molar-refractivity contribution in [3.8, 4) is 0 Å². The van der Waals surface area contributed by atoms with Gasteiger partial charge in [-0.15, -0.1) is 0 Å². The summed E-state index contributed by atoms with van der Waals surface area (Å²) in [4.78, 5) is 18.4. The molecule has 5 nitrogen and oxygen atoms in total. The predicted molar refractivity (Wildman–Crippen MR) is 74.3 cm³/mol. The van der Waals surface area contributed by atoms with Crippen LogP contribution in [0, 0.1) is 0 Å². The van der Waals surface area contributed by atoms with Crippen molar-refractivity contribution in [1.29, 1.82) is 0 Å². The van der Waals surface area contributed by atoms with Gasteiger partial charge in [0, 0.05) is 31.5 Å². The van der Waals surface area contributed by atoms with Crippen molar-refractivity contribution < 1.29 is 9.53 Å². The Bertz CT molecular complexity index is 440. The number of nitrogens with zero attached hydrogens (tertiary/aromatic N) is 2. The minimum atomic E-state index is -0.0262. The number of hydrogen-bond donors (Lipinski definition) is 1. The van der Waals surface area contributed by atoms with E-state index in [1.54, 1.807) is 12.3 Å². The van der Waals surface area contributed by atoms with E-state index in [2.05, 4.69) is 10.3 Å². The molecule has 1 N–H and O–H groups in total. The lowest BCUT2D eigenvalue weighted by Gasteiger charge is -2.35. The number of pyridine rings is 1. The van der Waals surface area contributed by atoms with Crippen LogP contribution in [0.1, 0.15) is 31.3 Å². The van der Waals surface area contributed by atoms with E-state index < -0.39 is 0 Å². The number of carbonyl (C=O) groups excluding carboxylic acids is 1. The average Bonchev–Trinajstić information content (AvgIpc) is 2.37.